The van der Waals surface area contributed by atoms with Gasteiger partial charge in [0.25, 0.3) is 5.56 Å². The molecule has 1 aromatic carbocycles. The van der Waals surface area contributed by atoms with Crippen LogP contribution >= 0.6 is 0 Å². The zero-order chi connectivity index (χ0) is 16.4. The van der Waals surface area contributed by atoms with E-state index in [1.165, 1.54) is 0 Å². The summed E-state index contributed by atoms with van der Waals surface area (Å²) in [6.45, 7) is 0.590. The number of aromatic nitrogens is 3. The molecule has 0 unspecified atom stereocenters. The summed E-state index contributed by atoms with van der Waals surface area (Å²) in [5, 5.41) is 11.3. The molecule has 0 aliphatic heterocycles. The van der Waals surface area contributed by atoms with Gasteiger partial charge in [0.2, 0.25) is 0 Å². The van der Waals surface area contributed by atoms with E-state index in [9.17, 15) is 4.79 Å². The molecule has 0 saturated heterocycles. The normalized spacial score (nSPS) is 10.9. The fourth-order valence-electron chi connectivity index (χ4n) is 2.53. The third kappa shape index (κ3) is 2.93. The number of aromatic amines is 1. The number of H-pyrrole nitrogens is 1. The minimum absolute atomic E-state index is 0.174. The first-order chi connectivity index (χ1) is 11.1. The molecular weight excluding hydrogens is 290 g/mol. The Morgan fingerprint density at radius 2 is 1.96 bits per heavy atom. The van der Waals surface area contributed by atoms with Crippen molar-refractivity contribution in [2.45, 2.75) is 6.54 Å². The molecule has 0 fully saturated rings. The molecule has 0 amide bonds. The van der Waals surface area contributed by atoms with Crippen molar-refractivity contribution in [3.05, 3.63) is 52.7 Å². The van der Waals surface area contributed by atoms with Crippen molar-refractivity contribution in [2.75, 3.05) is 26.0 Å². The third-order valence-electron chi connectivity index (χ3n) is 3.79. The molecule has 2 N–H and O–H groups in total. The maximum absolute atomic E-state index is 12.0. The number of fused-ring (bicyclic) bond motifs is 1. The molecule has 6 nitrogen and oxygen atoms in total. The van der Waals surface area contributed by atoms with Gasteiger partial charge < -0.3 is 10.2 Å². The van der Waals surface area contributed by atoms with Gasteiger partial charge in [-0.15, -0.1) is 0 Å². The van der Waals surface area contributed by atoms with Crippen molar-refractivity contribution < 1.29 is 0 Å². The highest BCUT2D eigenvalue weighted by Gasteiger charge is 2.09. The number of nitrogens with zero attached hydrogens (tertiary/aromatic N) is 3. The standard InChI is InChI=1S/C17H19N5O/c1-18-10-16-15-7-11(4-5-14(15)17(23)21-20-16)12-6-13(22(2)3)9-19-8-12/h4-9,18H,10H2,1-3H3,(H,21,23). The summed E-state index contributed by atoms with van der Waals surface area (Å²) < 4.78 is 0. The highest BCUT2D eigenvalue weighted by molar-refractivity contribution is 5.88. The van der Waals surface area contributed by atoms with Crippen molar-refractivity contribution in [2.24, 2.45) is 0 Å². The average molecular weight is 309 g/mol. The second-order valence-corrected chi connectivity index (χ2v) is 5.62. The summed E-state index contributed by atoms with van der Waals surface area (Å²) in [7, 11) is 5.82. The van der Waals surface area contributed by atoms with Gasteiger partial charge in [0.15, 0.2) is 0 Å². The lowest BCUT2D eigenvalue weighted by Gasteiger charge is -2.13. The molecule has 0 saturated carbocycles. The predicted molar refractivity (Wildman–Crippen MR) is 92.7 cm³/mol. The zero-order valence-electron chi connectivity index (χ0n) is 13.4. The number of hydrogen-bond donors (Lipinski definition) is 2. The molecule has 0 aliphatic rings. The lowest BCUT2D eigenvalue weighted by atomic mass is 10.0. The number of rotatable bonds is 4. The van der Waals surface area contributed by atoms with Gasteiger partial charge in [0, 0.05) is 37.8 Å². The van der Waals surface area contributed by atoms with E-state index in [1.807, 2.05) is 56.6 Å². The Kier molecular flexibility index (Phi) is 4.08. The van der Waals surface area contributed by atoms with Crippen LogP contribution in [0, 0.1) is 0 Å². The van der Waals surface area contributed by atoms with E-state index in [-0.39, 0.29) is 5.56 Å². The summed E-state index contributed by atoms with van der Waals surface area (Å²) >= 11 is 0. The fourth-order valence-corrected chi connectivity index (χ4v) is 2.53. The molecule has 0 aliphatic carbocycles. The lowest BCUT2D eigenvalue weighted by Crippen LogP contribution is -2.15. The summed E-state index contributed by atoms with van der Waals surface area (Å²) in [6, 6.07) is 7.86. The van der Waals surface area contributed by atoms with Crippen LogP contribution in [0.4, 0.5) is 5.69 Å². The lowest BCUT2D eigenvalue weighted by molar-refractivity contribution is 0.773. The molecule has 0 radical (unpaired) electrons. The maximum atomic E-state index is 12.0. The second kappa shape index (κ2) is 6.18. The molecule has 6 heteroatoms. The van der Waals surface area contributed by atoms with Crippen LogP contribution in [0.3, 0.4) is 0 Å². The van der Waals surface area contributed by atoms with Gasteiger partial charge in [-0.3, -0.25) is 9.78 Å². The van der Waals surface area contributed by atoms with Crippen LogP contribution in [0.25, 0.3) is 21.9 Å². The molecule has 0 spiro atoms. The topological polar surface area (TPSA) is 73.9 Å². The summed E-state index contributed by atoms with van der Waals surface area (Å²) in [4.78, 5) is 18.3. The molecule has 3 aromatic rings. The monoisotopic (exact) mass is 309 g/mol. The van der Waals surface area contributed by atoms with Crippen LogP contribution < -0.4 is 15.8 Å². The molecule has 3 rings (SSSR count). The molecule has 0 bridgehead atoms. The van der Waals surface area contributed by atoms with Crippen molar-refractivity contribution in [3.8, 4) is 11.1 Å². The molecule has 0 atom stereocenters. The number of nitrogens with one attached hydrogen (secondary N) is 2. The summed E-state index contributed by atoms with van der Waals surface area (Å²) in [6.07, 6.45) is 3.65. The molecule has 2 heterocycles. The van der Waals surface area contributed by atoms with E-state index in [1.54, 1.807) is 0 Å². The van der Waals surface area contributed by atoms with E-state index in [0.29, 0.717) is 11.9 Å². The third-order valence-corrected chi connectivity index (χ3v) is 3.79. The highest BCUT2D eigenvalue weighted by Crippen LogP contribution is 2.26. The molecular formula is C17H19N5O. The van der Waals surface area contributed by atoms with Gasteiger partial charge in [-0.2, -0.15) is 5.10 Å². The first kappa shape index (κ1) is 15.2. The number of benzene rings is 1. The predicted octanol–water partition coefficient (Wildman–Crippen LogP) is 1.77. The van der Waals surface area contributed by atoms with Crippen molar-refractivity contribution in [1.82, 2.24) is 20.5 Å². The van der Waals surface area contributed by atoms with Gasteiger partial charge >= 0.3 is 0 Å². The van der Waals surface area contributed by atoms with Crippen LogP contribution in [0.15, 0.2) is 41.5 Å². The smallest absolute Gasteiger partial charge is 0.272 e. The minimum atomic E-state index is -0.174. The highest BCUT2D eigenvalue weighted by atomic mass is 16.1. The Morgan fingerprint density at radius 3 is 2.70 bits per heavy atom. The van der Waals surface area contributed by atoms with Gasteiger partial charge in [-0.05, 0) is 30.8 Å². The second-order valence-electron chi connectivity index (χ2n) is 5.62. The number of pyridine rings is 1. The van der Waals surface area contributed by atoms with Crippen molar-refractivity contribution in [1.29, 1.82) is 0 Å². The summed E-state index contributed by atoms with van der Waals surface area (Å²) in [5.41, 5.74) is 3.70. The van der Waals surface area contributed by atoms with E-state index in [2.05, 4.69) is 26.6 Å². The van der Waals surface area contributed by atoms with Gasteiger partial charge in [0.05, 0.1) is 23.0 Å². The Hall–Kier alpha value is -2.73. The van der Waals surface area contributed by atoms with E-state index in [0.717, 1.165) is 27.9 Å². The summed E-state index contributed by atoms with van der Waals surface area (Å²) in [5.74, 6) is 0. The van der Waals surface area contributed by atoms with Crippen molar-refractivity contribution >= 4 is 16.5 Å². The van der Waals surface area contributed by atoms with Crippen LogP contribution in [0.1, 0.15) is 5.69 Å². The first-order valence-corrected chi connectivity index (χ1v) is 7.39. The SMILES string of the molecule is CNCc1n[nH]c(=O)c2ccc(-c3cncc(N(C)C)c3)cc12. The van der Waals surface area contributed by atoms with Crippen LogP contribution in [-0.4, -0.2) is 36.3 Å². The van der Waals surface area contributed by atoms with Crippen molar-refractivity contribution in [3.63, 3.8) is 0 Å². The maximum Gasteiger partial charge on any atom is 0.272 e. The van der Waals surface area contributed by atoms with Crippen LogP contribution in [-0.2, 0) is 6.54 Å². The Bertz CT molecular complexity index is 901. The molecule has 23 heavy (non-hydrogen) atoms. The molecule has 2 aromatic heterocycles. The van der Waals surface area contributed by atoms with Crippen LogP contribution in [0.2, 0.25) is 0 Å². The molecule has 118 valence electrons. The number of hydrogen-bond acceptors (Lipinski definition) is 5. The van der Waals surface area contributed by atoms with Gasteiger partial charge in [-0.1, -0.05) is 6.07 Å². The van der Waals surface area contributed by atoms with Gasteiger partial charge in [-0.25, -0.2) is 5.10 Å². The van der Waals surface area contributed by atoms with Crippen LogP contribution in [0.5, 0.6) is 0 Å². The van der Waals surface area contributed by atoms with E-state index in [4.69, 9.17) is 0 Å². The quantitative estimate of drug-likeness (QED) is 0.768. The average Bonchev–Trinajstić information content (AvgIpc) is 2.57. The minimum Gasteiger partial charge on any atom is -0.376 e. The fraction of sp³-hybridized carbons (Fsp3) is 0.235. The largest absolute Gasteiger partial charge is 0.376 e. The number of anilines is 1. The van der Waals surface area contributed by atoms with Gasteiger partial charge in [0.1, 0.15) is 0 Å². The Labute approximate surface area is 134 Å². The zero-order valence-corrected chi connectivity index (χ0v) is 13.4. The van der Waals surface area contributed by atoms with E-state index >= 15 is 0 Å². The Balaban J connectivity index is 2.18. The Morgan fingerprint density at radius 1 is 1.13 bits per heavy atom. The van der Waals surface area contributed by atoms with E-state index < -0.39 is 0 Å². The first-order valence-electron chi connectivity index (χ1n) is 7.39.